The highest BCUT2D eigenvalue weighted by molar-refractivity contribution is 6.00. The summed E-state index contributed by atoms with van der Waals surface area (Å²) in [5, 5.41) is 9.20. The standard InChI is InChI=1S/C17H26O7/c1-20-10-11-23-12-24-15(8-9-18)16(19)13-6-4-5-7-14(13)17(21-2)22-3/h4-7,15,17-18H,8-12H2,1-3H3/t15-/m1/s1. The molecule has 1 atom stereocenters. The van der Waals surface area contributed by atoms with Gasteiger partial charge in [-0.05, 0) is 0 Å². The molecule has 1 aromatic carbocycles. The van der Waals surface area contributed by atoms with E-state index in [-0.39, 0.29) is 25.6 Å². The number of hydrogen-bond acceptors (Lipinski definition) is 7. The smallest absolute Gasteiger partial charge is 0.192 e. The first-order chi connectivity index (χ1) is 11.7. The molecule has 1 rings (SSSR count). The van der Waals surface area contributed by atoms with Crippen molar-refractivity contribution in [2.45, 2.75) is 18.8 Å². The van der Waals surface area contributed by atoms with Gasteiger partial charge < -0.3 is 28.8 Å². The molecule has 0 heterocycles. The predicted molar refractivity (Wildman–Crippen MR) is 86.8 cm³/mol. The lowest BCUT2D eigenvalue weighted by Crippen LogP contribution is -2.28. The highest BCUT2D eigenvalue weighted by Crippen LogP contribution is 2.23. The molecular weight excluding hydrogens is 316 g/mol. The third-order valence-electron chi connectivity index (χ3n) is 3.38. The van der Waals surface area contributed by atoms with Gasteiger partial charge in [-0.1, -0.05) is 24.3 Å². The Morgan fingerprint density at radius 3 is 2.46 bits per heavy atom. The average Bonchev–Trinajstić information content (AvgIpc) is 2.61. The van der Waals surface area contributed by atoms with Crippen LogP contribution in [0, 0.1) is 0 Å². The van der Waals surface area contributed by atoms with Crippen LogP contribution in [0.5, 0.6) is 0 Å². The van der Waals surface area contributed by atoms with Crippen molar-refractivity contribution in [2.24, 2.45) is 0 Å². The Hall–Kier alpha value is -1.35. The van der Waals surface area contributed by atoms with Crippen molar-refractivity contribution in [1.82, 2.24) is 0 Å². The molecule has 7 heteroatoms. The van der Waals surface area contributed by atoms with E-state index in [0.717, 1.165) is 0 Å². The predicted octanol–water partition coefficient (Wildman–Crippen LogP) is 1.55. The molecule has 0 aromatic heterocycles. The minimum Gasteiger partial charge on any atom is -0.396 e. The third kappa shape index (κ3) is 6.27. The molecule has 0 aliphatic rings. The number of methoxy groups -OCH3 is 3. The van der Waals surface area contributed by atoms with Crippen molar-refractivity contribution in [1.29, 1.82) is 0 Å². The lowest BCUT2D eigenvalue weighted by atomic mass is 9.98. The van der Waals surface area contributed by atoms with Gasteiger partial charge in [-0.2, -0.15) is 0 Å². The molecule has 0 aliphatic heterocycles. The fourth-order valence-electron chi connectivity index (χ4n) is 2.19. The Bertz CT molecular complexity index is 474. The molecule has 0 aliphatic carbocycles. The van der Waals surface area contributed by atoms with E-state index >= 15 is 0 Å². The van der Waals surface area contributed by atoms with Gasteiger partial charge in [0, 0.05) is 45.5 Å². The molecule has 0 bridgehead atoms. The molecule has 24 heavy (non-hydrogen) atoms. The highest BCUT2D eigenvalue weighted by Gasteiger charge is 2.25. The molecule has 1 N–H and O–H groups in total. The summed E-state index contributed by atoms with van der Waals surface area (Å²) in [5.74, 6) is -0.255. The van der Waals surface area contributed by atoms with Gasteiger partial charge in [-0.3, -0.25) is 4.79 Å². The first-order valence-electron chi connectivity index (χ1n) is 7.67. The fraction of sp³-hybridized carbons (Fsp3) is 0.588. The van der Waals surface area contributed by atoms with E-state index in [2.05, 4.69) is 0 Å². The zero-order valence-corrected chi connectivity index (χ0v) is 14.4. The summed E-state index contributed by atoms with van der Waals surface area (Å²) in [6, 6.07) is 7.00. The molecule has 7 nitrogen and oxygen atoms in total. The molecular formula is C17H26O7. The van der Waals surface area contributed by atoms with Crippen molar-refractivity contribution >= 4 is 5.78 Å². The van der Waals surface area contributed by atoms with Gasteiger partial charge in [0.1, 0.15) is 12.9 Å². The number of aliphatic hydroxyl groups excluding tert-OH is 1. The Labute approximate surface area is 142 Å². The Morgan fingerprint density at radius 1 is 1.12 bits per heavy atom. The summed E-state index contributed by atoms with van der Waals surface area (Å²) in [4.78, 5) is 12.8. The van der Waals surface area contributed by atoms with Crippen LogP contribution in [0.1, 0.15) is 28.6 Å². The molecule has 136 valence electrons. The van der Waals surface area contributed by atoms with Crippen LogP contribution in [0.3, 0.4) is 0 Å². The summed E-state index contributed by atoms with van der Waals surface area (Å²) in [6.07, 6.45) is -1.29. The lowest BCUT2D eigenvalue weighted by molar-refractivity contribution is -0.106. The van der Waals surface area contributed by atoms with Gasteiger partial charge >= 0.3 is 0 Å². The van der Waals surface area contributed by atoms with Gasteiger partial charge in [-0.25, -0.2) is 0 Å². The Morgan fingerprint density at radius 2 is 1.83 bits per heavy atom. The van der Waals surface area contributed by atoms with E-state index < -0.39 is 12.4 Å². The van der Waals surface area contributed by atoms with Crippen molar-refractivity contribution in [3.8, 4) is 0 Å². The second-order valence-corrected chi connectivity index (χ2v) is 4.94. The maximum atomic E-state index is 12.8. The van der Waals surface area contributed by atoms with Gasteiger partial charge in [0.05, 0.1) is 13.2 Å². The SMILES string of the molecule is COCCOCO[C@H](CCO)C(=O)c1ccccc1C(OC)OC. The number of ketones is 1. The maximum absolute atomic E-state index is 12.8. The molecule has 0 unspecified atom stereocenters. The molecule has 0 fully saturated rings. The molecule has 0 spiro atoms. The second-order valence-electron chi connectivity index (χ2n) is 4.94. The van der Waals surface area contributed by atoms with Crippen LogP contribution in [0.25, 0.3) is 0 Å². The highest BCUT2D eigenvalue weighted by atomic mass is 16.7. The molecule has 0 amide bonds. The summed E-state index contributed by atoms with van der Waals surface area (Å²) in [7, 11) is 4.57. The first kappa shape index (κ1) is 20.7. The molecule has 0 saturated heterocycles. The molecule has 1 aromatic rings. The van der Waals surface area contributed by atoms with Crippen LogP contribution in [0.4, 0.5) is 0 Å². The van der Waals surface area contributed by atoms with Crippen molar-refractivity contribution in [3.63, 3.8) is 0 Å². The van der Waals surface area contributed by atoms with Gasteiger partial charge in [0.25, 0.3) is 0 Å². The maximum Gasteiger partial charge on any atom is 0.192 e. The zero-order valence-electron chi connectivity index (χ0n) is 14.4. The van der Waals surface area contributed by atoms with Crippen molar-refractivity contribution < 1.29 is 33.6 Å². The van der Waals surface area contributed by atoms with Crippen molar-refractivity contribution in [3.05, 3.63) is 35.4 Å². The number of benzene rings is 1. The second kappa shape index (κ2) is 12.1. The van der Waals surface area contributed by atoms with Gasteiger partial charge in [-0.15, -0.1) is 0 Å². The summed E-state index contributed by atoms with van der Waals surface area (Å²) < 4.78 is 26.0. The van der Waals surface area contributed by atoms with E-state index in [0.29, 0.717) is 24.3 Å². The number of aliphatic hydroxyl groups is 1. The van der Waals surface area contributed by atoms with Crippen LogP contribution in [-0.2, 0) is 23.7 Å². The van der Waals surface area contributed by atoms with E-state index in [9.17, 15) is 9.90 Å². The summed E-state index contributed by atoms with van der Waals surface area (Å²) in [5.41, 5.74) is 1.04. The number of Topliss-reactive ketones (excluding diaryl/α,β-unsaturated/α-hetero) is 1. The van der Waals surface area contributed by atoms with Crippen LogP contribution >= 0.6 is 0 Å². The lowest BCUT2D eigenvalue weighted by Gasteiger charge is -2.20. The van der Waals surface area contributed by atoms with E-state index in [1.807, 2.05) is 0 Å². The summed E-state index contributed by atoms with van der Waals surface area (Å²) in [6.45, 7) is 0.575. The van der Waals surface area contributed by atoms with Crippen LogP contribution in [-0.4, -0.2) is 64.9 Å². The van der Waals surface area contributed by atoms with E-state index in [1.165, 1.54) is 14.2 Å². The van der Waals surface area contributed by atoms with Gasteiger partial charge in [0.2, 0.25) is 0 Å². The molecule has 0 saturated carbocycles. The number of carbonyl (C=O) groups is 1. The van der Waals surface area contributed by atoms with Crippen LogP contribution in [0.15, 0.2) is 24.3 Å². The minimum atomic E-state index is -0.812. The van der Waals surface area contributed by atoms with Crippen LogP contribution in [0.2, 0.25) is 0 Å². The minimum absolute atomic E-state index is 0.0556. The van der Waals surface area contributed by atoms with Crippen LogP contribution < -0.4 is 0 Å². The zero-order chi connectivity index (χ0) is 17.8. The molecule has 0 radical (unpaired) electrons. The van der Waals surface area contributed by atoms with Gasteiger partial charge in [0.15, 0.2) is 12.1 Å². The fourth-order valence-corrected chi connectivity index (χ4v) is 2.19. The summed E-state index contributed by atoms with van der Waals surface area (Å²) >= 11 is 0. The normalized spacial score (nSPS) is 12.5. The van der Waals surface area contributed by atoms with E-state index in [1.54, 1.807) is 31.4 Å². The largest absolute Gasteiger partial charge is 0.396 e. The average molecular weight is 342 g/mol. The third-order valence-corrected chi connectivity index (χ3v) is 3.38. The number of hydrogen-bond donors (Lipinski definition) is 1. The number of ether oxygens (including phenoxy) is 5. The Balaban J connectivity index is 2.83. The quantitative estimate of drug-likeness (QED) is 0.331. The first-order valence-corrected chi connectivity index (χ1v) is 7.67. The van der Waals surface area contributed by atoms with Crippen molar-refractivity contribution in [2.75, 3.05) is 47.9 Å². The van der Waals surface area contributed by atoms with E-state index in [4.69, 9.17) is 23.7 Å². The number of rotatable bonds is 13. The topological polar surface area (TPSA) is 83.5 Å². The number of carbonyl (C=O) groups excluding carboxylic acids is 1. The monoisotopic (exact) mass is 342 g/mol. The Kier molecular flexibility index (Phi) is 10.4.